The van der Waals surface area contributed by atoms with Gasteiger partial charge < -0.3 is 20.3 Å². The number of ether oxygens (including phenoxy) is 2. The van der Waals surface area contributed by atoms with Gasteiger partial charge in [0, 0.05) is 11.7 Å². The minimum Gasteiger partial charge on any atom is -0.496 e. The van der Waals surface area contributed by atoms with Crippen molar-refractivity contribution in [3.05, 3.63) is 23.8 Å². The van der Waals surface area contributed by atoms with E-state index >= 15 is 0 Å². The maximum atomic E-state index is 11.7. The molecule has 1 aromatic carbocycles. The fourth-order valence-corrected chi connectivity index (χ4v) is 1.78. The van der Waals surface area contributed by atoms with Gasteiger partial charge in [0.1, 0.15) is 11.4 Å². The Kier molecular flexibility index (Phi) is 5.99. The molecule has 0 fully saturated rings. The summed E-state index contributed by atoms with van der Waals surface area (Å²) in [5.74, 6) is 0.661. The third-order valence-electron chi connectivity index (χ3n) is 2.64. The average molecular weight is 296 g/mol. The quantitative estimate of drug-likeness (QED) is 0.771. The Balaban J connectivity index is 2.84. The molecule has 0 saturated heterocycles. The molecule has 1 unspecified atom stereocenters. The maximum Gasteiger partial charge on any atom is 0.412 e. The summed E-state index contributed by atoms with van der Waals surface area (Å²) >= 11 is 0. The average Bonchev–Trinajstić information content (AvgIpc) is 2.36. The topological polar surface area (TPSA) is 93.8 Å². The Morgan fingerprint density at radius 3 is 2.62 bits per heavy atom. The van der Waals surface area contributed by atoms with Crippen LogP contribution in [0, 0.1) is 0 Å². The lowest BCUT2D eigenvalue weighted by Crippen LogP contribution is -2.28. The van der Waals surface area contributed by atoms with Crippen LogP contribution in [0.25, 0.3) is 0 Å². The zero-order valence-corrected chi connectivity index (χ0v) is 13.0. The van der Waals surface area contributed by atoms with E-state index in [4.69, 9.17) is 20.3 Å². The minimum atomic E-state index is -0.557. The predicted octanol–water partition coefficient (Wildman–Crippen LogP) is 1.90. The highest BCUT2D eigenvalue weighted by Gasteiger charge is 2.17. The van der Waals surface area contributed by atoms with E-state index in [1.54, 1.807) is 46.1 Å². The Hall–Kier alpha value is -1.79. The van der Waals surface area contributed by atoms with Crippen LogP contribution in [0.2, 0.25) is 0 Å². The predicted molar refractivity (Wildman–Crippen MR) is 81.6 cm³/mol. The molecular weight excluding hydrogens is 272 g/mol. The van der Waals surface area contributed by atoms with Crippen molar-refractivity contribution < 1.29 is 19.4 Å². The molecule has 1 rings (SSSR count). The minimum absolute atomic E-state index is 0.118. The van der Waals surface area contributed by atoms with Gasteiger partial charge in [-0.2, -0.15) is 0 Å². The summed E-state index contributed by atoms with van der Waals surface area (Å²) in [7, 11) is 1.56. The molecule has 0 aliphatic rings. The summed E-state index contributed by atoms with van der Waals surface area (Å²) in [5.41, 5.74) is 6.59. The molecule has 0 aliphatic carbocycles. The number of amides is 1. The van der Waals surface area contributed by atoms with Gasteiger partial charge in [0.25, 0.3) is 0 Å². The lowest BCUT2D eigenvalue weighted by molar-refractivity contribution is 0.0636. The number of rotatable bonds is 5. The van der Waals surface area contributed by atoms with Crippen LogP contribution in [0.1, 0.15) is 26.3 Å². The molecule has 1 amide bonds. The van der Waals surface area contributed by atoms with E-state index in [0.717, 1.165) is 5.56 Å². The molecule has 6 nitrogen and oxygen atoms in total. The number of nitrogens with two attached hydrogens (primary N) is 1. The Labute approximate surface area is 125 Å². The second-order valence-electron chi connectivity index (χ2n) is 5.80. The molecule has 4 N–H and O–H groups in total. The molecule has 0 spiro atoms. The van der Waals surface area contributed by atoms with E-state index in [0.29, 0.717) is 17.9 Å². The summed E-state index contributed by atoms with van der Waals surface area (Å²) in [6.07, 6.45) is -0.0752. The van der Waals surface area contributed by atoms with Crippen molar-refractivity contribution in [1.29, 1.82) is 0 Å². The van der Waals surface area contributed by atoms with Crippen molar-refractivity contribution in [2.75, 3.05) is 19.0 Å². The van der Waals surface area contributed by atoms with Gasteiger partial charge in [0.15, 0.2) is 0 Å². The third-order valence-corrected chi connectivity index (χ3v) is 2.64. The van der Waals surface area contributed by atoms with E-state index in [-0.39, 0.29) is 12.6 Å². The first-order valence-electron chi connectivity index (χ1n) is 6.78. The molecule has 0 saturated carbocycles. The van der Waals surface area contributed by atoms with Crippen LogP contribution in [-0.2, 0) is 11.2 Å². The molecule has 118 valence electrons. The number of hydrogen-bond donors (Lipinski definition) is 3. The van der Waals surface area contributed by atoms with Gasteiger partial charge in [-0.25, -0.2) is 4.79 Å². The first kappa shape index (κ1) is 17.3. The highest BCUT2D eigenvalue weighted by molar-refractivity contribution is 5.85. The number of aliphatic hydroxyl groups is 1. The molecule has 0 aliphatic heterocycles. The zero-order valence-electron chi connectivity index (χ0n) is 13.0. The number of methoxy groups -OCH3 is 1. The lowest BCUT2D eigenvalue weighted by atomic mass is 10.1. The normalized spacial score (nSPS) is 12.7. The monoisotopic (exact) mass is 296 g/mol. The van der Waals surface area contributed by atoms with Crippen molar-refractivity contribution in [3.8, 4) is 5.75 Å². The van der Waals surface area contributed by atoms with Crippen LogP contribution < -0.4 is 15.8 Å². The number of nitrogens with one attached hydrogen (secondary N) is 1. The van der Waals surface area contributed by atoms with Crippen molar-refractivity contribution >= 4 is 11.8 Å². The van der Waals surface area contributed by atoms with E-state index in [1.807, 2.05) is 0 Å². The molecular formula is C15H24N2O4. The zero-order chi connectivity index (χ0) is 16.0. The van der Waals surface area contributed by atoms with Gasteiger partial charge in [-0.05, 0) is 51.0 Å². The maximum absolute atomic E-state index is 11.7. The Bertz CT molecular complexity index is 483. The number of benzene rings is 1. The van der Waals surface area contributed by atoms with Crippen LogP contribution in [0.5, 0.6) is 5.75 Å². The molecule has 0 heterocycles. The second kappa shape index (κ2) is 7.28. The van der Waals surface area contributed by atoms with Crippen LogP contribution in [0.4, 0.5) is 10.5 Å². The van der Waals surface area contributed by atoms with Gasteiger partial charge in [-0.1, -0.05) is 0 Å². The Morgan fingerprint density at radius 1 is 1.43 bits per heavy atom. The van der Waals surface area contributed by atoms with Crippen molar-refractivity contribution in [2.24, 2.45) is 5.73 Å². The molecule has 1 aromatic rings. The highest BCUT2D eigenvalue weighted by atomic mass is 16.6. The standard InChI is InChI=1S/C15H24N2O4/c1-15(2,3)21-14(19)17-12-5-6-13(20-4)10(8-12)7-11(16)9-18/h5-6,8,11,18H,7,9,16H2,1-4H3,(H,17,19). The second-order valence-corrected chi connectivity index (χ2v) is 5.80. The molecule has 0 radical (unpaired) electrons. The summed E-state index contributed by atoms with van der Waals surface area (Å²) in [5, 5.41) is 11.7. The van der Waals surface area contributed by atoms with Crippen LogP contribution in [0.15, 0.2) is 18.2 Å². The van der Waals surface area contributed by atoms with Gasteiger partial charge in [-0.15, -0.1) is 0 Å². The largest absolute Gasteiger partial charge is 0.496 e. The number of carbonyl (C=O) groups is 1. The van der Waals surface area contributed by atoms with Crippen LogP contribution in [-0.4, -0.2) is 36.6 Å². The molecule has 0 aromatic heterocycles. The third kappa shape index (κ3) is 6.01. The first-order chi connectivity index (χ1) is 9.75. The number of aliphatic hydroxyl groups excluding tert-OH is 1. The molecule has 21 heavy (non-hydrogen) atoms. The van der Waals surface area contributed by atoms with E-state index in [2.05, 4.69) is 5.32 Å². The number of hydrogen-bond acceptors (Lipinski definition) is 5. The highest BCUT2D eigenvalue weighted by Crippen LogP contribution is 2.24. The number of carbonyl (C=O) groups excluding carboxylic acids is 1. The van der Waals surface area contributed by atoms with Crippen molar-refractivity contribution in [3.63, 3.8) is 0 Å². The van der Waals surface area contributed by atoms with Gasteiger partial charge in [-0.3, -0.25) is 5.32 Å². The summed E-state index contributed by atoms with van der Waals surface area (Å²) in [6, 6.07) is 4.84. The fourth-order valence-electron chi connectivity index (χ4n) is 1.78. The lowest BCUT2D eigenvalue weighted by Gasteiger charge is -2.20. The number of anilines is 1. The summed E-state index contributed by atoms with van der Waals surface area (Å²) in [6.45, 7) is 5.28. The van der Waals surface area contributed by atoms with Gasteiger partial charge in [0.2, 0.25) is 0 Å². The first-order valence-corrected chi connectivity index (χ1v) is 6.78. The van der Waals surface area contributed by atoms with Crippen LogP contribution in [0.3, 0.4) is 0 Å². The molecule has 6 heteroatoms. The summed E-state index contributed by atoms with van der Waals surface area (Å²) < 4.78 is 10.4. The van der Waals surface area contributed by atoms with E-state index in [9.17, 15) is 4.79 Å². The van der Waals surface area contributed by atoms with Crippen molar-refractivity contribution in [2.45, 2.75) is 38.8 Å². The van der Waals surface area contributed by atoms with Gasteiger partial charge >= 0.3 is 6.09 Å². The van der Waals surface area contributed by atoms with Gasteiger partial charge in [0.05, 0.1) is 13.7 Å². The molecule has 0 bridgehead atoms. The summed E-state index contributed by atoms with van der Waals surface area (Å²) in [4.78, 5) is 11.7. The Morgan fingerprint density at radius 2 is 2.10 bits per heavy atom. The van der Waals surface area contributed by atoms with Crippen molar-refractivity contribution in [1.82, 2.24) is 0 Å². The van der Waals surface area contributed by atoms with E-state index < -0.39 is 11.7 Å². The SMILES string of the molecule is COc1ccc(NC(=O)OC(C)(C)C)cc1CC(N)CO. The fraction of sp³-hybridized carbons (Fsp3) is 0.533. The molecule has 1 atom stereocenters. The smallest absolute Gasteiger partial charge is 0.412 e. The van der Waals surface area contributed by atoms with Crippen LogP contribution >= 0.6 is 0 Å². The van der Waals surface area contributed by atoms with E-state index in [1.165, 1.54) is 0 Å².